The number of rotatable bonds is 2. The summed E-state index contributed by atoms with van der Waals surface area (Å²) in [7, 11) is 1.17. The Morgan fingerprint density at radius 3 is 2.35 bits per heavy atom. The van der Waals surface area contributed by atoms with Gasteiger partial charge in [-0.3, -0.25) is 9.59 Å². The van der Waals surface area contributed by atoms with Crippen molar-refractivity contribution in [1.29, 1.82) is 0 Å². The molecule has 0 radical (unpaired) electrons. The standard InChI is InChI=1S/C14H10O6/c1-20-11(18)5-2-7-6-10(17)12-8(15)3-4-9(16)13(12)14(7)19/h2-6,15-16H,1H3/b5-2+. The zero-order chi connectivity index (χ0) is 14.9. The van der Waals surface area contributed by atoms with E-state index in [0.29, 0.717) is 0 Å². The number of carbonyl (C=O) groups is 3. The summed E-state index contributed by atoms with van der Waals surface area (Å²) >= 11 is 0. The van der Waals surface area contributed by atoms with Crippen molar-refractivity contribution in [2.24, 2.45) is 0 Å². The van der Waals surface area contributed by atoms with Crippen LogP contribution < -0.4 is 0 Å². The van der Waals surface area contributed by atoms with E-state index in [1.807, 2.05) is 0 Å². The number of hydrogen-bond acceptors (Lipinski definition) is 6. The summed E-state index contributed by atoms with van der Waals surface area (Å²) in [6, 6.07) is 2.24. The Labute approximate surface area is 113 Å². The van der Waals surface area contributed by atoms with Gasteiger partial charge in [0.2, 0.25) is 0 Å². The number of benzene rings is 1. The number of ether oxygens (including phenoxy) is 1. The number of hydrogen-bond donors (Lipinski definition) is 2. The number of Topliss-reactive ketones (excluding diaryl/α,β-unsaturated/α-hetero) is 1. The average molecular weight is 274 g/mol. The average Bonchev–Trinajstić information content (AvgIpc) is 2.43. The Morgan fingerprint density at radius 2 is 1.75 bits per heavy atom. The van der Waals surface area contributed by atoms with Gasteiger partial charge in [0.05, 0.1) is 18.2 Å². The molecule has 0 amide bonds. The SMILES string of the molecule is COC(=O)/C=C/C1=CC(=O)c2c(O)ccc(O)c2C1=O. The fourth-order valence-corrected chi connectivity index (χ4v) is 1.83. The molecular weight excluding hydrogens is 264 g/mol. The molecule has 1 aromatic carbocycles. The third-order valence-electron chi connectivity index (χ3n) is 2.78. The van der Waals surface area contributed by atoms with Crippen LogP contribution in [0.25, 0.3) is 0 Å². The van der Waals surface area contributed by atoms with Crippen LogP contribution in [-0.4, -0.2) is 34.9 Å². The van der Waals surface area contributed by atoms with Crippen molar-refractivity contribution in [3.8, 4) is 11.5 Å². The Bertz CT molecular complexity index is 681. The minimum absolute atomic E-state index is 0.0752. The molecule has 6 nitrogen and oxygen atoms in total. The highest BCUT2D eigenvalue weighted by Crippen LogP contribution is 2.34. The van der Waals surface area contributed by atoms with Crippen LogP contribution in [0.4, 0.5) is 0 Å². The summed E-state index contributed by atoms with van der Waals surface area (Å²) in [5.41, 5.74) is -0.596. The molecule has 0 atom stereocenters. The Morgan fingerprint density at radius 1 is 1.15 bits per heavy atom. The van der Waals surface area contributed by atoms with E-state index in [1.54, 1.807) is 0 Å². The quantitative estimate of drug-likeness (QED) is 0.476. The van der Waals surface area contributed by atoms with Crippen LogP contribution in [0.3, 0.4) is 0 Å². The lowest BCUT2D eigenvalue weighted by molar-refractivity contribution is -0.134. The van der Waals surface area contributed by atoms with E-state index >= 15 is 0 Å². The maximum Gasteiger partial charge on any atom is 0.330 e. The first kappa shape index (κ1) is 13.5. The molecule has 0 heterocycles. The predicted octanol–water partition coefficient (Wildman–Crippen LogP) is 1.13. The van der Waals surface area contributed by atoms with E-state index in [4.69, 9.17) is 0 Å². The minimum Gasteiger partial charge on any atom is -0.507 e. The van der Waals surface area contributed by atoms with E-state index in [1.165, 1.54) is 7.11 Å². The van der Waals surface area contributed by atoms with Crippen molar-refractivity contribution >= 4 is 17.5 Å². The van der Waals surface area contributed by atoms with Crippen molar-refractivity contribution in [1.82, 2.24) is 0 Å². The molecule has 1 aromatic rings. The third-order valence-corrected chi connectivity index (χ3v) is 2.78. The van der Waals surface area contributed by atoms with Gasteiger partial charge in [-0.1, -0.05) is 0 Å². The second-order valence-corrected chi connectivity index (χ2v) is 4.00. The van der Waals surface area contributed by atoms with Crippen LogP contribution in [0, 0.1) is 0 Å². The zero-order valence-corrected chi connectivity index (χ0v) is 10.4. The molecule has 0 spiro atoms. The number of allylic oxidation sites excluding steroid dienone is 3. The lowest BCUT2D eigenvalue weighted by atomic mass is 9.88. The lowest BCUT2D eigenvalue weighted by Gasteiger charge is -2.15. The van der Waals surface area contributed by atoms with Gasteiger partial charge in [0.1, 0.15) is 11.5 Å². The summed E-state index contributed by atoms with van der Waals surface area (Å²) in [5, 5.41) is 19.3. The van der Waals surface area contributed by atoms with E-state index in [0.717, 1.165) is 30.4 Å². The summed E-state index contributed by atoms with van der Waals surface area (Å²) in [4.78, 5) is 35.0. The topological polar surface area (TPSA) is 101 Å². The number of fused-ring (bicyclic) bond motifs is 1. The maximum atomic E-state index is 12.1. The molecule has 0 bridgehead atoms. The molecule has 2 rings (SSSR count). The highest BCUT2D eigenvalue weighted by Gasteiger charge is 2.29. The molecule has 1 aliphatic carbocycles. The number of phenolic OH excluding ortho intramolecular Hbond substituents is 2. The molecule has 0 unspecified atom stereocenters. The van der Waals surface area contributed by atoms with E-state index in [2.05, 4.69) is 4.74 Å². The van der Waals surface area contributed by atoms with Gasteiger partial charge in [-0.05, 0) is 24.3 Å². The van der Waals surface area contributed by atoms with Crippen LogP contribution in [0.15, 0.2) is 35.9 Å². The van der Waals surface area contributed by atoms with Crippen LogP contribution in [-0.2, 0) is 9.53 Å². The first-order chi connectivity index (χ1) is 9.45. The molecule has 2 N–H and O–H groups in total. The second kappa shape index (κ2) is 5.00. The number of phenols is 2. The van der Waals surface area contributed by atoms with Crippen molar-refractivity contribution in [3.63, 3.8) is 0 Å². The maximum absolute atomic E-state index is 12.1. The Kier molecular flexibility index (Phi) is 3.39. The van der Waals surface area contributed by atoms with Crippen molar-refractivity contribution < 1.29 is 29.3 Å². The number of esters is 1. The fourth-order valence-electron chi connectivity index (χ4n) is 1.83. The lowest BCUT2D eigenvalue weighted by Crippen LogP contribution is -2.16. The minimum atomic E-state index is -0.683. The summed E-state index contributed by atoms with van der Waals surface area (Å²) in [6.07, 6.45) is 3.10. The number of methoxy groups -OCH3 is 1. The van der Waals surface area contributed by atoms with Gasteiger partial charge in [-0.25, -0.2) is 4.79 Å². The smallest absolute Gasteiger partial charge is 0.330 e. The molecule has 0 saturated heterocycles. The third kappa shape index (κ3) is 2.18. The van der Waals surface area contributed by atoms with Crippen molar-refractivity contribution in [2.45, 2.75) is 0 Å². The number of ketones is 2. The van der Waals surface area contributed by atoms with Gasteiger partial charge < -0.3 is 14.9 Å². The summed E-state index contributed by atoms with van der Waals surface area (Å²) in [6.45, 7) is 0. The molecule has 0 aliphatic heterocycles. The first-order valence-electron chi connectivity index (χ1n) is 5.57. The van der Waals surface area contributed by atoms with Crippen LogP contribution >= 0.6 is 0 Å². The zero-order valence-electron chi connectivity index (χ0n) is 10.4. The summed E-state index contributed by atoms with van der Waals surface area (Å²) in [5.74, 6) is -2.76. The van der Waals surface area contributed by atoms with Crippen molar-refractivity contribution in [2.75, 3.05) is 7.11 Å². The van der Waals surface area contributed by atoms with Crippen LogP contribution in [0.5, 0.6) is 11.5 Å². The Hall–Kier alpha value is -2.89. The van der Waals surface area contributed by atoms with E-state index < -0.39 is 23.3 Å². The predicted molar refractivity (Wildman–Crippen MR) is 67.7 cm³/mol. The van der Waals surface area contributed by atoms with E-state index in [9.17, 15) is 24.6 Å². The highest BCUT2D eigenvalue weighted by atomic mass is 16.5. The second-order valence-electron chi connectivity index (χ2n) is 4.00. The molecule has 0 aromatic heterocycles. The van der Waals surface area contributed by atoms with Gasteiger partial charge in [-0.2, -0.15) is 0 Å². The molecule has 0 fully saturated rings. The molecule has 20 heavy (non-hydrogen) atoms. The molecular formula is C14H10O6. The molecule has 6 heteroatoms. The summed E-state index contributed by atoms with van der Waals surface area (Å²) < 4.78 is 4.38. The Balaban J connectivity index is 2.51. The van der Waals surface area contributed by atoms with Gasteiger partial charge in [0.15, 0.2) is 11.6 Å². The molecule has 1 aliphatic rings. The number of carbonyl (C=O) groups excluding carboxylic acids is 3. The molecule has 0 saturated carbocycles. The van der Waals surface area contributed by atoms with Crippen LogP contribution in [0.1, 0.15) is 20.7 Å². The van der Waals surface area contributed by atoms with Gasteiger partial charge in [0.25, 0.3) is 0 Å². The highest BCUT2D eigenvalue weighted by molar-refractivity contribution is 6.27. The van der Waals surface area contributed by atoms with Gasteiger partial charge in [-0.15, -0.1) is 0 Å². The van der Waals surface area contributed by atoms with Gasteiger partial charge >= 0.3 is 5.97 Å². The molecule has 102 valence electrons. The number of aromatic hydroxyl groups is 2. The monoisotopic (exact) mass is 274 g/mol. The van der Waals surface area contributed by atoms with Crippen molar-refractivity contribution in [3.05, 3.63) is 47.1 Å². The first-order valence-corrected chi connectivity index (χ1v) is 5.57. The van der Waals surface area contributed by atoms with Crippen LogP contribution in [0.2, 0.25) is 0 Å². The fraction of sp³-hybridized carbons (Fsp3) is 0.0714. The van der Waals surface area contributed by atoms with E-state index in [-0.39, 0.29) is 22.4 Å². The van der Waals surface area contributed by atoms with Gasteiger partial charge in [0, 0.05) is 11.6 Å². The normalized spacial score (nSPS) is 14.2. The largest absolute Gasteiger partial charge is 0.507 e.